The predicted octanol–water partition coefficient (Wildman–Crippen LogP) is 4.25. The van der Waals surface area contributed by atoms with Gasteiger partial charge in [0.1, 0.15) is 0 Å². The molecule has 29 heavy (non-hydrogen) atoms. The highest BCUT2D eigenvalue weighted by Crippen LogP contribution is 2.09. The van der Waals surface area contributed by atoms with E-state index in [2.05, 4.69) is 19.1 Å². The highest BCUT2D eigenvalue weighted by Gasteiger charge is 2.10. The molecule has 0 heterocycles. The largest absolute Gasteiger partial charge is 0.627 e. The predicted molar refractivity (Wildman–Crippen MR) is 123 cm³/mol. The van der Waals surface area contributed by atoms with Crippen LogP contribution in [0.15, 0.2) is 12.2 Å². The van der Waals surface area contributed by atoms with Gasteiger partial charge in [-0.25, -0.2) is 4.79 Å². The van der Waals surface area contributed by atoms with E-state index in [1.165, 1.54) is 57.8 Å². The fourth-order valence-corrected chi connectivity index (χ4v) is 3.43. The second kappa shape index (κ2) is 21.9. The molecule has 5 nitrogen and oxygen atoms in total. The molecule has 0 radical (unpaired) electrons. The zero-order valence-corrected chi connectivity index (χ0v) is 19.3. The molecule has 0 aliphatic heterocycles. The Morgan fingerprint density at radius 2 is 1.41 bits per heavy atom. The van der Waals surface area contributed by atoms with E-state index >= 15 is 0 Å². The number of rotatable bonds is 21. The summed E-state index contributed by atoms with van der Waals surface area (Å²) in [5, 5.41) is 20.4. The second-order valence-corrected chi connectivity index (χ2v) is 8.31. The van der Waals surface area contributed by atoms with Crippen LogP contribution >= 0.6 is 0 Å². The quantitative estimate of drug-likeness (QED) is 0.168. The lowest BCUT2D eigenvalue weighted by Crippen LogP contribution is -3.10. The third-order valence-corrected chi connectivity index (χ3v) is 5.40. The number of aliphatic hydroxyl groups is 1. The molecule has 1 unspecified atom stereocenters. The summed E-state index contributed by atoms with van der Waals surface area (Å²) >= 11 is 0. The molecular formula is C24H48N2O3. The van der Waals surface area contributed by atoms with Crippen molar-refractivity contribution in [1.82, 2.24) is 4.90 Å². The molecule has 0 rings (SSSR count). The molecule has 2 N–H and O–H groups in total. The summed E-state index contributed by atoms with van der Waals surface area (Å²) in [6.45, 7) is 4.07. The van der Waals surface area contributed by atoms with E-state index < -0.39 is 0 Å². The molecule has 1 amide bonds. The van der Waals surface area contributed by atoms with E-state index in [0.29, 0.717) is 25.9 Å². The molecule has 0 aliphatic rings. The molecule has 0 saturated carbocycles. The first-order valence-electron chi connectivity index (χ1n) is 12.1. The first-order chi connectivity index (χ1) is 14.1. The van der Waals surface area contributed by atoms with Gasteiger partial charge in [0.15, 0.2) is 0 Å². The van der Waals surface area contributed by atoms with Gasteiger partial charge in [-0.05, 0) is 39.2 Å². The average Bonchev–Trinajstić information content (AvgIpc) is 2.70. The Labute approximate surface area is 180 Å². The number of carbonyl (C=O) groups excluding carboxylic acids is 1. The molecule has 172 valence electrons. The summed E-state index contributed by atoms with van der Waals surface area (Å²) < 4.78 is 0. The van der Waals surface area contributed by atoms with E-state index in [9.17, 15) is 10.0 Å². The molecule has 0 aliphatic carbocycles. The summed E-state index contributed by atoms with van der Waals surface area (Å²) in [4.78, 5) is 13.8. The summed E-state index contributed by atoms with van der Waals surface area (Å²) in [6, 6.07) is 0. The van der Waals surface area contributed by atoms with Crippen molar-refractivity contribution in [2.45, 2.75) is 103 Å². The van der Waals surface area contributed by atoms with Gasteiger partial charge in [-0.2, -0.15) is 0 Å². The van der Waals surface area contributed by atoms with Crippen molar-refractivity contribution in [3.05, 3.63) is 17.4 Å². The maximum Gasteiger partial charge on any atom is 0.312 e. The summed E-state index contributed by atoms with van der Waals surface area (Å²) in [5.41, 5.74) is 0. The van der Waals surface area contributed by atoms with Crippen LogP contribution in [0.3, 0.4) is 0 Å². The monoisotopic (exact) mass is 412 g/mol. The highest BCUT2D eigenvalue weighted by molar-refractivity contribution is 5.66. The number of carbonyl (C=O) groups is 1. The van der Waals surface area contributed by atoms with Gasteiger partial charge < -0.3 is 20.3 Å². The van der Waals surface area contributed by atoms with E-state index in [-0.39, 0.29) is 17.6 Å². The number of hydrogen-bond acceptors (Lipinski definition) is 4. The SMILES string of the molecule is CCCCCCCCC=CCCCCCCCC(=O)[NH+]([O-])CCCN(C)CCO. The molecule has 0 aromatic carbocycles. The molecule has 0 fully saturated rings. The van der Waals surface area contributed by atoms with Gasteiger partial charge in [-0.3, -0.25) is 0 Å². The van der Waals surface area contributed by atoms with Crippen LogP contribution in [0.1, 0.15) is 103 Å². The van der Waals surface area contributed by atoms with Crippen LogP contribution in [0.4, 0.5) is 0 Å². The Kier molecular flexibility index (Phi) is 21.4. The number of aliphatic hydroxyl groups excluding tert-OH is 1. The van der Waals surface area contributed by atoms with Crippen molar-refractivity contribution in [3.63, 3.8) is 0 Å². The molecule has 0 saturated heterocycles. The Hall–Kier alpha value is -0.750. The first-order valence-corrected chi connectivity index (χ1v) is 12.1. The topological polar surface area (TPSA) is 68.0 Å². The third kappa shape index (κ3) is 20.3. The minimum Gasteiger partial charge on any atom is -0.627 e. The fourth-order valence-electron chi connectivity index (χ4n) is 3.43. The Bertz CT molecular complexity index is 388. The number of hydroxylamine groups is 2. The summed E-state index contributed by atoms with van der Waals surface area (Å²) in [6.07, 6.45) is 21.8. The van der Waals surface area contributed by atoms with Crippen LogP contribution in [0.5, 0.6) is 0 Å². The normalized spacial score (nSPS) is 12.9. The number of hydrogen-bond donors (Lipinski definition) is 2. The van der Waals surface area contributed by atoms with Gasteiger partial charge in [0.05, 0.1) is 19.6 Å². The summed E-state index contributed by atoms with van der Waals surface area (Å²) in [5.74, 6) is -0.201. The van der Waals surface area contributed by atoms with E-state index in [1.807, 2.05) is 11.9 Å². The number of amides is 1. The lowest BCUT2D eigenvalue weighted by Gasteiger charge is -2.21. The second-order valence-electron chi connectivity index (χ2n) is 8.31. The highest BCUT2D eigenvalue weighted by atomic mass is 16.5. The van der Waals surface area contributed by atoms with Crippen LogP contribution in [0, 0.1) is 5.21 Å². The van der Waals surface area contributed by atoms with Crippen molar-refractivity contribution < 1.29 is 15.0 Å². The Morgan fingerprint density at radius 1 is 0.862 bits per heavy atom. The van der Waals surface area contributed by atoms with Crippen molar-refractivity contribution in [2.75, 3.05) is 33.3 Å². The van der Waals surface area contributed by atoms with Crippen molar-refractivity contribution in [1.29, 1.82) is 0 Å². The minimum atomic E-state index is -0.224. The molecule has 0 aromatic heterocycles. The number of likely N-dealkylation sites (N-methyl/N-ethyl adjacent to an activating group) is 1. The maximum atomic E-state index is 11.9. The van der Waals surface area contributed by atoms with Gasteiger partial charge >= 0.3 is 5.91 Å². The zero-order chi connectivity index (χ0) is 21.6. The van der Waals surface area contributed by atoms with E-state index in [4.69, 9.17) is 5.11 Å². The third-order valence-electron chi connectivity index (χ3n) is 5.40. The van der Waals surface area contributed by atoms with Crippen LogP contribution < -0.4 is 5.06 Å². The van der Waals surface area contributed by atoms with Crippen LogP contribution in [0.2, 0.25) is 0 Å². The molecule has 0 spiro atoms. The smallest absolute Gasteiger partial charge is 0.312 e. The number of nitrogens with one attached hydrogen (secondary N) is 1. The summed E-state index contributed by atoms with van der Waals surface area (Å²) in [7, 11) is 1.91. The number of nitrogens with zero attached hydrogens (tertiary/aromatic N) is 1. The molecule has 0 bridgehead atoms. The van der Waals surface area contributed by atoms with Gasteiger partial charge in [0.2, 0.25) is 0 Å². The number of quaternary nitrogens is 1. The van der Waals surface area contributed by atoms with Gasteiger partial charge in [-0.1, -0.05) is 70.4 Å². The number of allylic oxidation sites excluding steroid dienone is 2. The van der Waals surface area contributed by atoms with Crippen LogP contribution in [-0.2, 0) is 4.79 Å². The maximum absolute atomic E-state index is 11.9. The van der Waals surface area contributed by atoms with Crippen molar-refractivity contribution in [2.24, 2.45) is 0 Å². The molecule has 1 atom stereocenters. The van der Waals surface area contributed by atoms with Crippen LogP contribution in [0.25, 0.3) is 0 Å². The molecule has 5 heteroatoms. The lowest BCUT2D eigenvalue weighted by molar-refractivity contribution is -0.765. The fraction of sp³-hybridized carbons (Fsp3) is 0.875. The Morgan fingerprint density at radius 3 is 2.00 bits per heavy atom. The lowest BCUT2D eigenvalue weighted by atomic mass is 10.1. The van der Waals surface area contributed by atoms with Gasteiger partial charge in [0.25, 0.3) is 0 Å². The van der Waals surface area contributed by atoms with Gasteiger partial charge in [0, 0.05) is 19.5 Å². The van der Waals surface area contributed by atoms with Gasteiger partial charge in [-0.15, -0.1) is 0 Å². The first kappa shape index (κ1) is 28.2. The van der Waals surface area contributed by atoms with Crippen molar-refractivity contribution >= 4 is 5.91 Å². The van der Waals surface area contributed by atoms with E-state index in [0.717, 1.165) is 32.2 Å². The zero-order valence-electron chi connectivity index (χ0n) is 19.3. The molecule has 0 aromatic rings. The number of unbranched alkanes of at least 4 members (excludes halogenated alkanes) is 11. The van der Waals surface area contributed by atoms with E-state index in [1.54, 1.807) is 0 Å². The average molecular weight is 413 g/mol. The van der Waals surface area contributed by atoms with Crippen molar-refractivity contribution in [3.8, 4) is 0 Å². The minimum absolute atomic E-state index is 0.124. The standard InChI is InChI=1S/C24H48N2O3/c1-3-4-5-6-7-8-9-10-11-12-13-14-15-16-17-19-24(28)26(29)21-18-20-25(2)22-23-27/h10-11,26-27H,3-9,12-23H2,1-2H3. The Balaban J connectivity index is 3.40. The molecular weight excluding hydrogens is 364 g/mol. The van der Waals surface area contributed by atoms with Crippen LogP contribution in [-0.4, -0.2) is 49.2 Å².